The van der Waals surface area contributed by atoms with Gasteiger partial charge in [-0.15, -0.1) is 0 Å². The Morgan fingerprint density at radius 2 is 1.59 bits per heavy atom. The van der Waals surface area contributed by atoms with Crippen molar-refractivity contribution in [2.75, 3.05) is 0 Å². The van der Waals surface area contributed by atoms with E-state index in [-0.39, 0.29) is 23.8 Å². The molecule has 29 heavy (non-hydrogen) atoms. The number of aromatic nitrogens is 2. The van der Waals surface area contributed by atoms with Crippen LogP contribution < -0.4 is 10.3 Å². The van der Waals surface area contributed by atoms with E-state index in [9.17, 15) is 41.3 Å². The van der Waals surface area contributed by atoms with Gasteiger partial charge in [0.15, 0.2) is 0 Å². The van der Waals surface area contributed by atoms with E-state index in [0.717, 1.165) is 10.6 Å². The van der Waals surface area contributed by atoms with Crippen LogP contribution in [-0.4, -0.2) is 14.3 Å². The van der Waals surface area contributed by atoms with Crippen molar-refractivity contribution in [1.82, 2.24) is 9.38 Å². The maximum Gasteiger partial charge on any atom is 0.416 e. The average Bonchev–Trinajstić information content (AvgIpc) is 2.60. The van der Waals surface area contributed by atoms with Crippen LogP contribution in [0.25, 0.3) is 5.65 Å². The van der Waals surface area contributed by atoms with Crippen LogP contribution in [0.5, 0.6) is 11.6 Å². The third-order valence-electron chi connectivity index (χ3n) is 3.64. The molecule has 152 valence electrons. The molecule has 0 aliphatic carbocycles. The first-order chi connectivity index (χ1) is 13.4. The van der Waals surface area contributed by atoms with Gasteiger partial charge in [-0.25, -0.2) is 0 Å². The first-order valence-electron chi connectivity index (χ1n) is 7.51. The maximum absolute atomic E-state index is 13.0. The van der Waals surface area contributed by atoms with Gasteiger partial charge in [0, 0.05) is 6.20 Å². The van der Waals surface area contributed by atoms with Crippen LogP contribution in [0.3, 0.4) is 0 Å². The molecule has 3 aromatic rings. The summed E-state index contributed by atoms with van der Waals surface area (Å²) in [7, 11) is 0. The second-order valence-corrected chi connectivity index (χ2v) is 5.60. The quantitative estimate of drug-likeness (QED) is 0.356. The first kappa shape index (κ1) is 20.1. The predicted octanol–water partition coefficient (Wildman–Crippen LogP) is 4.43. The summed E-state index contributed by atoms with van der Waals surface area (Å²) >= 11 is 0. The molecule has 0 N–H and O–H groups in total. The minimum absolute atomic E-state index is 0.135. The first-order valence-corrected chi connectivity index (χ1v) is 7.51. The Bertz CT molecular complexity index is 1140. The van der Waals surface area contributed by atoms with E-state index in [1.165, 1.54) is 18.2 Å². The minimum atomic E-state index is -5.15. The van der Waals surface area contributed by atoms with Gasteiger partial charge in [0.25, 0.3) is 0 Å². The normalized spacial score (nSPS) is 12.2. The molecule has 0 saturated heterocycles. The summed E-state index contributed by atoms with van der Waals surface area (Å²) in [5.41, 5.74) is -6.02. The van der Waals surface area contributed by atoms with Crippen LogP contribution in [0.15, 0.2) is 47.4 Å². The molecule has 0 aliphatic rings. The van der Waals surface area contributed by atoms with Crippen molar-refractivity contribution in [3.8, 4) is 11.6 Å². The standard InChI is InChI=1S/C16H7F6N3O4/c17-15(18,19)8-5-9(16(20,21)22)7-10(6-8)29-13-12(25(27)28)14(26)24-4-2-1-3-11(24)23-13/h1-7H. The number of hydrogen-bond donors (Lipinski definition) is 0. The second kappa shape index (κ2) is 6.76. The van der Waals surface area contributed by atoms with Crippen molar-refractivity contribution < 1.29 is 36.0 Å². The molecule has 0 spiro atoms. The van der Waals surface area contributed by atoms with Crippen LogP contribution in [-0.2, 0) is 12.4 Å². The zero-order valence-electron chi connectivity index (χ0n) is 13.8. The highest BCUT2D eigenvalue weighted by Gasteiger charge is 2.37. The van der Waals surface area contributed by atoms with Crippen molar-refractivity contribution >= 4 is 11.3 Å². The van der Waals surface area contributed by atoms with E-state index < -0.39 is 51.3 Å². The molecule has 0 aliphatic heterocycles. The summed E-state index contributed by atoms with van der Waals surface area (Å²) < 4.78 is 83.4. The van der Waals surface area contributed by atoms with Crippen molar-refractivity contribution in [2.45, 2.75) is 12.4 Å². The second-order valence-electron chi connectivity index (χ2n) is 5.60. The van der Waals surface area contributed by atoms with E-state index >= 15 is 0 Å². The van der Waals surface area contributed by atoms with Crippen LogP contribution in [0.1, 0.15) is 11.1 Å². The number of ether oxygens (including phenoxy) is 1. The summed E-state index contributed by atoms with van der Waals surface area (Å²) in [5, 5.41) is 11.2. The SMILES string of the molecule is O=c1c([N+](=O)[O-])c(Oc2cc(C(F)(F)F)cc(C(F)(F)F)c2)nc2ccccn12. The van der Waals surface area contributed by atoms with Crippen molar-refractivity contribution in [3.05, 3.63) is 74.2 Å². The Kier molecular flexibility index (Phi) is 4.68. The zero-order valence-corrected chi connectivity index (χ0v) is 13.8. The van der Waals surface area contributed by atoms with Crippen LogP contribution in [0, 0.1) is 10.1 Å². The number of halogens is 6. The summed E-state index contributed by atoms with van der Waals surface area (Å²) in [6.45, 7) is 0. The summed E-state index contributed by atoms with van der Waals surface area (Å²) in [5.74, 6) is -2.07. The maximum atomic E-state index is 13.0. The summed E-state index contributed by atoms with van der Waals surface area (Å²) in [6.07, 6.45) is -9.16. The van der Waals surface area contributed by atoms with Gasteiger partial charge in [-0.05, 0) is 30.3 Å². The molecule has 2 aromatic heterocycles. The van der Waals surface area contributed by atoms with E-state index in [0.29, 0.717) is 0 Å². The van der Waals surface area contributed by atoms with Crippen molar-refractivity contribution in [1.29, 1.82) is 0 Å². The third kappa shape index (κ3) is 3.97. The van der Waals surface area contributed by atoms with Gasteiger partial charge < -0.3 is 4.74 Å². The molecule has 0 bridgehead atoms. The Hall–Kier alpha value is -3.64. The number of benzene rings is 1. The lowest BCUT2D eigenvalue weighted by Gasteiger charge is -2.14. The molecule has 7 nitrogen and oxygen atoms in total. The zero-order chi connectivity index (χ0) is 21.6. The highest BCUT2D eigenvalue weighted by atomic mass is 19.4. The smallest absolute Gasteiger partial charge is 0.416 e. The van der Waals surface area contributed by atoms with E-state index in [4.69, 9.17) is 4.74 Å². The van der Waals surface area contributed by atoms with Gasteiger partial charge in [-0.2, -0.15) is 31.3 Å². The largest absolute Gasteiger partial charge is 0.433 e. The molecule has 13 heteroatoms. The van der Waals surface area contributed by atoms with Gasteiger partial charge in [0.2, 0.25) is 0 Å². The molecule has 1 aromatic carbocycles. The van der Waals surface area contributed by atoms with Gasteiger partial charge in [-0.3, -0.25) is 19.3 Å². The fourth-order valence-corrected chi connectivity index (χ4v) is 2.38. The topological polar surface area (TPSA) is 86.7 Å². The van der Waals surface area contributed by atoms with Crippen molar-refractivity contribution in [3.63, 3.8) is 0 Å². The van der Waals surface area contributed by atoms with Gasteiger partial charge in [0.1, 0.15) is 11.4 Å². The van der Waals surface area contributed by atoms with Crippen molar-refractivity contribution in [2.24, 2.45) is 0 Å². The van der Waals surface area contributed by atoms with E-state index in [1.807, 2.05) is 0 Å². The van der Waals surface area contributed by atoms with Gasteiger partial charge in [0.05, 0.1) is 16.1 Å². The molecule has 0 unspecified atom stereocenters. The number of alkyl halides is 6. The number of rotatable bonds is 3. The Labute approximate surface area is 155 Å². The highest BCUT2D eigenvalue weighted by molar-refractivity contribution is 5.51. The molecular formula is C16H7F6N3O4. The average molecular weight is 419 g/mol. The Morgan fingerprint density at radius 1 is 1.00 bits per heavy atom. The third-order valence-corrected chi connectivity index (χ3v) is 3.64. The highest BCUT2D eigenvalue weighted by Crippen LogP contribution is 2.39. The molecule has 0 fully saturated rings. The summed E-state index contributed by atoms with van der Waals surface area (Å²) in [6, 6.07) is 4.31. The summed E-state index contributed by atoms with van der Waals surface area (Å²) in [4.78, 5) is 26.0. The predicted molar refractivity (Wildman–Crippen MR) is 84.6 cm³/mol. The van der Waals surface area contributed by atoms with E-state index in [1.54, 1.807) is 0 Å². The molecule has 3 rings (SSSR count). The van der Waals surface area contributed by atoms with Crippen LogP contribution >= 0.6 is 0 Å². The monoisotopic (exact) mass is 419 g/mol. The number of nitro groups is 1. The Balaban J connectivity index is 2.22. The van der Waals surface area contributed by atoms with Crippen LogP contribution in [0.4, 0.5) is 32.0 Å². The van der Waals surface area contributed by atoms with E-state index in [2.05, 4.69) is 4.98 Å². The molecular weight excluding hydrogens is 412 g/mol. The van der Waals surface area contributed by atoms with Gasteiger partial charge in [-0.1, -0.05) is 6.07 Å². The minimum Gasteiger partial charge on any atom is -0.433 e. The number of pyridine rings is 1. The fourth-order valence-electron chi connectivity index (χ4n) is 2.38. The molecule has 0 atom stereocenters. The lowest BCUT2D eigenvalue weighted by Crippen LogP contribution is -2.19. The molecule has 0 radical (unpaired) electrons. The van der Waals surface area contributed by atoms with Crippen LogP contribution in [0.2, 0.25) is 0 Å². The van der Waals surface area contributed by atoms with Gasteiger partial charge >= 0.3 is 29.5 Å². The number of hydrogen-bond acceptors (Lipinski definition) is 5. The molecule has 2 heterocycles. The lowest BCUT2D eigenvalue weighted by molar-refractivity contribution is -0.387. The fraction of sp³-hybridized carbons (Fsp3) is 0.125. The lowest BCUT2D eigenvalue weighted by atomic mass is 10.1. The molecule has 0 saturated carbocycles. The molecule has 0 amide bonds. The Morgan fingerprint density at radius 3 is 2.10 bits per heavy atom. The number of fused-ring (bicyclic) bond motifs is 1. The number of nitrogens with zero attached hydrogens (tertiary/aromatic N) is 3.